The summed E-state index contributed by atoms with van der Waals surface area (Å²) in [5.41, 5.74) is 6.34. The minimum Gasteiger partial charge on any atom is -0.508 e. The molecule has 0 radical (unpaired) electrons. The summed E-state index contributed by atoms with van der Waals surface area (Å²) in [7, 11) is 0. The molecule has 2 rings (SSSR count). The fourth-order valence-corrected chi connectivity index (χ4v) is 2.94. The third-order valence-corrected chi connectivity index (χ3v) is 4.06. The van der Waals surface area contributed by atoms with Crippen molar-refractivity contribution in [2.45, 2.75) is 51.6 Å². The van der Waals surface area contributed by atoms with Gasteiger partial charge in [-0.05, 0) is 56.7 Å². The average molecular weight is 334 g/mol. The average Bonchev–Trinajstić information content (AvgIpc) is 2.47. The summed E-state index contributed by atoms with van der Waals surface area (Å²) in [6.45, 7) is 6.71. The Morgan fingerprint density at radius 1 is 1.29 bits per heavy atom. The van der Waals surface area contributed by atoms with Crippen molar-refractivity contribution in [2.75, 3.05) is 13.1 Å². The zero-order chi connectivity index (χ0) is 17.9. The molecule has 1 saturated heterocycles. The van der Waals surface area contributed by atoms with Gasteiger partial charge in [0.2, 0.25) is 5.91 Å². The summed E-state index contributed by atoms with van der Waals surface area (Å²) < 4.78 is 5.39. The molecular weight excluding hydrogens is 308 g/mol. The zero-order valence-electron chi connectivity index (χ0n) is 14.5. The van der Waals surface area contributed by atoms with Crippen molar-refractivity contribution in [1.82, 2.24) is 4.90 Å². The number of nitrogens with zero attached hydrogens (tertiary/aromatic N) is 1. The second-order valence-corrected chi connectivity index (χ2v) is 7.28. The van der Waals surface area contributed by atoms with Crippen LogP contribution < -0.4 is 5.73 Å². The van der Waals surface area contributed by atoms with E-state index in [4.69, 9.17) is 10.5 Å². The SMILES string of the molecule is CC(C)(C)OC(=O)N1CCC(c2cc(CC(N)=O)ccc2O)CC1. The molecule has 1 heterocycles. The molecule has 24 heavy (non-hydrogen) atoms. The molecule has 1 aromatic carbocycles. The first-order valence-corrected chi connectivity index (χ1v) is 8.24. The lowest BCUT2D eigenvalue weighted by atomic mass is 9.87. The van der Waals surface area contributed by atoms with E-state index in [0.29, 0.717) is 13.1 Å². The molecule has 1 aliphatic rings. The fraction of sp³-hybridized carbons (Fsp3) is 0.556. The van der Waals surface area contributed by atoms with Gasteiger partial charge < -0.3 is 20.5 Å². The lowest BCUT2D eigenvalue weighted by Gasteiger charge is -2.33. The van der Waals surface area contributed by atoms with Crippen LogP contribution in [0.15, 0.2) is 18.2 Å². The maximum absolute atomic E-state index is 12.1. The first-order valence-electron chi connectivity index (χ1n) is 8.24. The van der Waals surface area contributed by atoms with Gasteiger partial charge in [-0.3, -0.25) is 4.79 Å². The quantitative estimate of drug-likeness (QED) is 0.888. The minimum absolute atomic E-state index is 0.150. The molecule has 1 aromatic rings. The number of benzene rings is 1. The molecule has 0 saturated carbocycles. The van der Waals surface area contributed by atoms with Crippen molar-refractivity contribution in [3.05, 3.63) is 29.3 Å². The molecule has 0 bridgehead atoms. The van der Waals surface area contributed by atoms with Crippen LogP contribution in [0.5, 0.6) is 5.75 Å². The van der Waals surface area contributed by atoms with Gasteiger partial charge in [0.25, 0.3) is 0 Å². The largest absolute Gasteiger partial charge is 0.508 e. The molecule has 3 N–H and O–H groups in total. The Morgan fingerprint density at radius 2 is 1.92 bits per heavy atom. The van der Waals surface area contributed by atoms with Gasteiger partial charge in [0.1, 0.15) is 11.4 Å². The summed E-state index contributed by atoms with van der Waals surface area (Å²) in [5, 5.41) is 10.1. The van der Waals surface area contributed by atoms with Crippen LogP contribution in [0, 0.1) is 0 Å². The summed E-state index contributed by atoms with van der Waals surface area (Å²) in [4.78, 5) is 24.9. The summed E-state index contributed by atoms with van der Waals surface area (Å²) in [5.74, 6) is -0.0261. The number of primary amides is 1. The molecule has 0 unspecified atom stereocenters. The van der Waals surface area contributed by atoms with Gasteiger partial charge >= 0.3 is 6.09 Å². The van der Waals surface area contributed by atoms with E-state index in [2.05, 4.69) is 0 Å². The smallest absolute Gasteiger partial charge is 0.410 e. The number of hydrogen-bond donors (Lipinski definition) is 2. The lowest BCUT2D eigenvalue weighted by molar-refractivity contribution is -0.117. The van der Waals surface area contributed by atoms with Crippen molar-refractivity contribution in [3.63, 3.8) is 0 Å². The van der Waals surface area contributed by atoms with Crippen molar-refractivity contribution >= 4 is 12.0 Å². The van der Waals surface area contributed by atoms with Crippen LogP contribution in [0.1, 0.15) is 50.7 Å². The standard InChI is InChI=1S/C18H26N2O4/c1-18(2,3)24-17(23)20-8-6-13(7-9-20)14-10-12(11-16(19)22)4-5-15(14)21/h4-5,10,13,21H,6-9,11H2,1-3H3,(H2,19,22). The van der Waals surface area contributed by atoms with Gasteiger partial charge in [0, 0.05) is 13.1 Å². The number of phenols is 1. The number of amides is 2. The van der Waals surface area contributed by atoms with Gasteiger partial charge in [-0.15, -0.1) is 0 Å². The number of aromatic hydroxyl groups is 1. The van der Waals surface area contributed by atoms with Crippen LogP contribution in [0.4, 0.5) is 4.79 Å². The number of carbonyl (C=O) groups excluding carboxylic acids is 2. The van der Waals surface area contributed by atoms with E-state index in [1.165, 1.54) is 0 Å². The maximum atomic E-state index is 12.1. The van der Waals surface area contributed by atoms with Gasteiger partial charge in [0.15, 0.2) is 0 Å². The molecule has 0 aliphatic carbocycles. The van der Waals surface area contributed by atoms with Crippen LogP contribution in [0.25, 0.3) is 0 Å². The molecule has 1 aliphatic heterocycles. The number of rotatable bonds is 3. The monoisotopic (exact) mass is 334 g/mol. The Hall–Kier alpha value is -2.24. The molecule has 6 heteroatoms. The Bertz CT molecular complexity index is 614. The number of ether oxygens (including phenoxy) is 1. The van der Waals surface area contributed by atoms with Crippen LogP contribution in [0.2, 0.25) is 0 Å². The number of likely N-dealkylation sites (tertiary alicyclic amines) is 1. The molecule has 0 spiro atoms. The van der Waals surface area contributed by atoms with E-state index >= 15 is 0 Å². The number of nitrogens with two attached hydrogens (primary N) is 1. The number of phenolic OH excluding ortho intramolecular Hbond substituents is 1. The van der Waals surface area contributed by atoms with Crippen molar-refractivity contribution in [1.29, 1.82) is 0 Å². The Balaban J connectivity index is 2.01. The van der Waals surface area contributed by atoms with E-state index in [1.54, 1.807) is 17.0 Å². The van der Waals surface area contributed by atoms with Crippen molar-refractivity contribution in [2.24, 2.45) is 5.73 Å². The fourth-order valence-electron chi connectivity index (χ4n) is 2.94. The molecule has 0 atom stereocenters. The van der Waals surface area contributed by atoms with Crippen LogP contribution >= 0.6 is 0 Å². The molecular formula is C18H26N2O4. The summed E-state index contributed by atoms with van der Waals surface area (Å²) >= 11 is 0. The van der Waals surface area contributed by atoms with Crippen molar-refractivity contribution < 1.29 is 19.4 Å². The number of carbonyl (C=O) groups is 2. The van der Waals surface area contributed by atoms with Crippen molar-refractivity contribution in [3.8, 4) is 5.75 Å². The normalized spacial score (nSPS) is 16.0. The zero-order valence-corrected chi connectivity index (χ0v) is 14.5. The lowest BCUT2D eigenvalue weighted by Crippen LogP contribution is -2.41. The highest BCUT2D eigenvalue weighted by molar-refractivity contribution is 5.76. The van der Waals surface area contributed by atoms with Crippen LogP contribution in [-0.4, -0.2) is 40.7 Å². The topological polar surface area (TPSA) is 92.9 Å². The Kier molecular flexibility index (Phi) is 5.36. The first-order chi connectivity index (χ1) is 11.2. The van der Waals surface area contributed by atoms with Crippen LogP contribution in [0.3, 0.4) is 0 Å². The maximum Gasteiger partial charge on any atom is 0.410 e. The second-order valence-electron chi connectivity index (χ2n) is 7.28. The van der Waals surface area contributed by atoms with Crippen LogP contribution in [-0.2, 0) is 16.0 Å². The van der Waals surface area contributed by atoms with E-state index in [-0.39, 0.29) is 24.2 Å². The molecule has 2 amide bonds. The predicted molar refractivity (Wildman–Crippen MR) is 90.8 cm³/mol. The second kappa shape index (κ2) is 7.11. The van der Waals surface area contributed by atoms with Gasteiger partial charge in [-0.2, -0.15) is 0 Å². The molecule has 6 nitrogen and oxygen atoms in total. The predicted octanol–water partition coefficient (Wildman–Crippen LogP) is 2.53. The molecule has 0 aromatic heterocycles. The third kappa shape index (κ3) is 4.88. The highest BCUT2D eigenvalue weighted by Gasteiger charge is 2.28. The van der Waals surface area contributed by atoms with Gasteiger partial charge in [0.05, 0.1) is 6.42 Å². The number of hydrogen-bond acceptors (Lipinski definition) is 4. The van der Waals surface area contributed by atoms with Gasteiger partial charge in [-0.1, -0.05) is 12.1 Å². The Labute approximate surface area is 142 Å². The summed E-state index contributed by atoms with van der Waals surface area (Å²) in [6, 6.07) is 5.15. The molecule has 1 fully saturated rings. The van der Waals surface area contributed by atoms with E-state index < -0.39 is 11.5 Å². The first kappa shape index (κ1) is 18.1. The third-order valence-electron chi connectivity index (χ3n) is 4.06. The van der Waals surface area contributed by atoms with E-state index in [1.807, 2.05) is 26.8 Å². The van der Waals surface area contributed by atoms with E-state index in [0.717, 1.165) is 24.0 Å². The van der Waals surface area contributed by atoms with E-state index in [9.17, 15) is 14.7 Å². The highest BCUT2D eigenvalue weighted by Crippen LogP contribution is 2.34. The molecule has 132 valence electrons. The minimum atomic E-state index is -0.505. The number of piperidine rings is 1. The highest BCUT2D eigenvalue weighted by atomic mass is 16.6. The van der Waals surface area contributed by atoms with Gasteiger partial charge in [-0.25, -0.2) is 4.79 Å². The summed E-state index contributed by atoms with van der Waals surface area (Å²) in [6.07, 6.45) is 1.34. The Morgan fingerprint density at radius 3 is 2.46 bits per heavy atom.